The van der Waals surface area contributed by atoms with Gasteiger partial charge in [-0.1, -0.05) is 27.2 Å². The van der Waals surface area contributed by atoms with E-state index in [0.29, 0.717) is 16.9 Å². The molecule has 1 aliphatic heterocycles. The van der Waals surface area contributed by atoms with Gasteiger partial charge in [-0.25, -0.2) is 0 Å². The Hall–Kier alpha value is -0.0800. The van der Waals surface area contributed by atoms with Crippen LogP contribution in [0.5, 0.6) is 0 Å². The maximum atomic E-state index is 9.91. The maximum absolute atomic E-state index is 9.91. The fourth-order valence-corrected chi connectivity index (χ4v) is 7.00. The Morgan fingerprint density at radius 2 is 1.81 bits per heavy atom. The number of hydrogen-bond donors (Lipinski definition) is 1. The van der Waals surface area contributed by atoms with Gasteiger partial charge in [0.05, 0.1) is 6.10 Å². The molecule has 4 fully saturated rings. The lowest BCUT2D eigenvalue weighted by Crippen LogP contribution is -2.58. The smallest absolute Gasteiger partial charge is 0.154 e. The van der Waals surface area contributed by atoms with Gasteiger partial charge in [-0.2, -0.15) is 0 Å². The number of rotatable bonds is 0. The lowest BCUT2D eigenvalue weighted by atomic mass is 9.46. The van der Waals surface area contributed by atoms with E-state index in [1.165, 1.54) is 38.5 Å². The van der Waals surface area contributed by atoms with Crippen molar-refractivity contribution in [3.05, 3.63) is 0 Å². The zero-order chi connectivity index (χ0) is 14.8. The van der Waals surface area contributed by atoms with Crippen LogP contribution in [-0.2, 0) is 4.74 Å². The van der Waals surface area contributed by atoms with Gasteiger partial charge in [0, 0.05) is 0 Å². The molecule has 2 nitrogen and oxygen atoms in total. The number of aliphatic hydroxyl groups is 1. The third kappa shape index (κ3) is 1.97. The Morgan fingerprint density at radius 1 is 1.00 bits per heavy atom. The summed E-state index contributed by atoms with van der Waals surface area (Å²) in [7, 11) is 0. The van der Waals surface area contributed by atoms with Crippen molar-refractivity contribution in [2.45, 2.75) is 84.5 Å². The second kappa shape index (κ2) is 4.71. The maximum Gasteiger partial charge on any atom is 0.154 e. The monoisotopic (exact) mass is 292 g/mol. The molecule has 4 rings (SSSR count). The van der Waals surface area contributed by atoms with E-state index in [-0.39, 0.29) is 0 Å². The molecule has 0 aromatic heterocycles. The minimum absolute atomic E-state index is 0.295. The van der Waals surface area contributed by atoms with Gasteiger partial charge < -0.3 is 9.84 Å². The first-order chi connectivity index (χ1) is 9.94. The second-order valence-electron chi connectivity index (χ2n) is 9.21. The Bertz CT molecular complexity index is 422. The SMILES string of the molecule is C[C@H]1C[C@H]2OC(O)CC[C@]2(C)C2CC[C@]3(C)CCCC3C21. The molecule has 8 atom stereocenters. The molecule has 4 unspecified atom stereocenters. The summed E-state index contributed by atoms with van der Waals surface area (Å²) in [5.41, 5.74) is 0.952. The summed E-state index contributed by atoms with van der Waals surface area (Å²) in [5, 5.41) is 9.91. The zero-order valence-electron chi connectivity index (χ0n) is 14.0. The van der Waals surface area contributed by atoms with Crippen LogP contribution in [0.2, 0.25) is 0 Å². The molecular formula is C19H32O2. The van der Waals surface area contributed by atoms with Crippen LogP contribution in [0.4, 0.5) is 0 Å². The largest absolute Gasteiger partial charge is 0.368 e. The first-order valence-electron chi connectivity index (χ1n) is 9.27. The first-order valence-corrected chi connectivity index (χ1v) is 9.27. The molecule has 1 heterocycles. The molecule has 21 heavy (non-hydrogen) atoms. The first kappa shape index (κ1) is 14.5. The van der Waals surface area contributed by atoms with Gasteiger partial charge in [0.15, 0.2) is 6.29 Å². The molecule has 0 radical (unpaired) electrons. The highest BCUT2D eigenvalue weighted by Gasteiger charge is 2.60. The standard InChI is InChI=1S/C19H32O2/c1-12-11-15-19(3,10-7-16(20)21-15)14-6-9-18(2)8-4-5-13(18)17(12)14/h12-17,20H,4-11H2,1-3H3/t12-,13?,14?,15+,16?,17?,18-,19+/m0/s1. The van der Waals surface area contributed by atoms with Gasteiger partial charge in [-0.15, -0.1) is 0 Å². The summed E-state index contributed by atoms with van der Waals surface area (Å²) in [4.78, 5) is 0. The van der Waals surface area contributed by atoms with E-state index >= 15 is 0 Å². The van der Waals surface area contributed by atoms with E-state index in [4.69, 9.17) is 4.74 Å². The fraction of sp³-hybridized carbons (Fsp3) is 1.00. The summed E-state index contributed by atoms with van der Waals surface area (Å²) in [6, 6.07) is 0. The van der Waals surface area contributed by atoms with Crippen LogP contribution >= 0.6 is 0 Å². The third-order valence-corrected chi connectivity index (χ3v) is 8.19. The second-order valence-corrected chi connectivity index (χ2v) is 9.21. The molecule has 4 aliphatic rings. The summed E-state index contributed by atoms with van der Waals surface area (Å²) in [6.07, 6.45) is 10.2. The molecule has 3 aliphatic carbocycles. The number of aliphatic hydroxyl groups excluding tert-OH is 1. The van der Waals surface area contributed by atoms with Gasteiger partial charge in [0.25, 0.3) is 0 Å². The van der Waals surface area contributed by atoms with Crippen molar-refractivity contribution in [2.75, 3.05) is 0 Å². The highest BCUT2D eigenvalue weighted by Crippen LogP contribution is 2.65. The molecule has 3 saturated carbocycles. The van der Waals surface area contributed by atoms with Crippen molar-refractivity contribution >= 4 is 0 Å². The number of hydrogen-bond acceptors (Lipinski definition) is 2. The van der Waals surface area contributed by atoms with Crippen LogP contribution in [0, 0.1) is 34.5 Å². The van der Waals surface area contributed by atoms with Crippen molar-refractivity contribution in [1.29, 1.82) is 0 Å². The Kier molecular flexibility index (Phi) is 3.25. The van der Waals surface area contributed by atoms with E-state index in [0.717, 1.165) is 36.5 Å². The Morgan fingerprint density at radius 3 is 2.62 bits per heavy atom. The quantitative estimate of drug-likeness (QED) is 0.718. The van der Waals surface area contributed by atoms with Gasteiger partial charge >= 0.3 is 0 Å². The van der Waals surface area contributed by atoms with E-state index in [1.807, 2.05) is 0 Å². The molecule has 0 aromatic carbocycles. The molecular weight excluding hydrogens is 260 g/mol. The summed E-state index contributed by atoms with van der Waals surface area (Å²) < 4.78 is 6.00. The Balaban J connectivity index is 1.67. The topological polar surface area (TPSA) is 29.5 Å². The van der Waals surface area contributed by atoms with Crippen molar-refractivity contribution in [3.8, 4) is 0 Å². The summed E-state index contributed by atoms with van der Waals surface area (Å²) >= 11 is 0. The van der Waals surface area contributed by atoms with E-state index in [9.17, 15) is 5.11 Å². The van der Waals surface area contributed by atoms with Crippen molar-refractivity contribution in [2.24, 2.45) is 34.5 Å². The van der Waals surface area contributed by atoms with E-state index < -0.39 is 6.29 Å². The summed E-state index contributed by atoms with van der Waals surface area (Å²) in [5.74, 6) is 3.46. The third-order valence-electron chi connectivity index (χ3n) is 8.19. The molecule has 120 valence electrons. The summed E-state index contributed by atoms with van der Waals surface area (Å²) in [6.45, 7) is 7.51. The van der Waals surface area contributed by atoms with E-state index in [2.05, 4.69) is 20.8 Å². The minimum atomic E-state index is -0.507. The molecule has 0 aromatic rings. The van der Waals surface area contributed by atoms with Gasteiger partial charge in [-0.3, -0.25) is 0 Å². The molecule has 2 heteroatoms. The van der Waals surface area contributed by atoms with Gasteiger partial charge in [0.2, 0.25) is 0 Å². The van der Waals surface area contributed by atoms with Crippen LogP contribution < -0.4 is 0 Å². The lowest BCUT2D eigenvalue weighted by molar-refractivity contribution is -0.256. The highest BCUT2D eigenvalue weighted by molar-refractivity contribution is 5.08. The van der Waals surface area contributed by atoms with Crippen LogP contribution in [0.1, 0.15) is 72.1 Å². The predicted octanol–water partition coefficient (Wildman–Crippen LogP) is 4.36. The van der Waals surface area contributed by atoms with Crippen molar-refractivity contribution in [3.63, 3.8) is 0 Å². The van der Waals surface area contributed by atoms with Crippen LogP contribution in [0.3, 0.4) is 0 Å². The van der Waals surface area contributed by atoms with Gasteiger partial charge in [0.1, 0.15) is 0 Å². The predicted molar refractivity (Wildman–Crippen MR) is 83.7 cm³/mol. The number of fused-ring (bicyclic) bond motifs is 5. The molecule has 0 amide bonds. The Labute approximate surface area is 129 Å². The highest BCUT2D eigenvalue weighted by atomic mass is 16.6. The van der Waals surface area contributed by atoms with Crippen molar-refractivity contribution in [1.82, 2.24) is 0 Å². The molecule has 1 N–H and O–H groups in total. The van der Waals surface area contributed by atoms with E-state index in [1.54, 1.807) is 0 Å². The van der Waals surface area contributed by atoms with Crippen LogP contribution in [-0.4, -0.2) is 17.5 Å². The number of ether oxygens (including phenoxy) is 1. The lowest BCUT2D eigenvalue weighted by Gasteiger charge is -2.61. The average molecular weight is 292 g/mol. The molecule has 0 bridgehead atoms. The fourth-order valence-electron chi connectivity index (χ4n) is 7.00. The molecule has 1 saturated heterocycles. The van der Waals surface area contributed by atoms with Gasteiger partial charge in [-0.05, 0) is 79.4 Å². The van der Waals surface area contributed by atoms with Crippen LogP contribution in [0.15, 0.2) is 0 Å². The normalized spacial score (nSPS) is 60.0. The van der Waals surface area contributed by atoms with Crippen molar-refractivity contribution < 1.29 is 9.84 Å². The molecule has 0 spiro atoms. The van der Waals surface area contributed by atoms with Crippen LogP contribution in [0.25, 0.3) is 0 Å². The average Bonchev–Trinajstić information content (AvgIpc) is 2.82. The minimum Gasteiger partial charge on any atom is -0.368 e. The zero-order valence-corrected chi connectivity index (χ0v) is 14.0.